The maximum Gasteiger partial charge on any atom is 0.349 e. The molecule has 0 saturated carbocycles. The summed E-state index contributed by atoms with van der Waals surface area (Å²) in [4.78, 5) is 12.0. The summed E-state index contributed by atoms with van der Waals surface area (Å²) in [5, 5.41) is 2.26. The molecule has 0 radical (unpaired) electrons. The number of carbonyl (C=O) groups is 1. The third-order valence-corrected chi connectivity index (χ3v) is 3.89. The Morgan fingerprint density at radius 2 is 1.96 bits per heavy atom. The van der Waals surface area contributed by atoms with E-state index >= 15 is 0 Å². The minimum absolute atomic E-state index is 0.298. The number of hydrogen-bond acceptors (Lipinski definition) is 4. The van der Waals surface area contributed by atoms with Gasteiger partial charge in [0.25, 0.3) is 0 Å². The summed E-state index contributed by atoms with van der Waals surface area (Å²) >= 11 is 6.33. The Balaban J connectivity index is 2.12. The maximum atomic E-state index is 12.0. The lowest BCUT2D eigenvalue weighted by molar-refractivity contribution is -0.158. The lowest BCUT2D eigenvalue weighted by Gasteiger charge is -2.24. The van der Waals surface area contributed by atoms with Gasteiger partial charge in [0.2, 0.25) is 0 Å². The molecule has 0 unspecified atom stereocenters. The molecule has 2 aromatic carbocycles. The van der Waals surface area contributed by atoms with Crippen LogP contribution in [-0.2, 0) is 9.53 Å². The molecule has 0 amide bonds. The molecule has 0 spiro atoms. The van der Waals surface area contributed by atoms with Crippen molar-refractivity contribution in [3.63, 3.8) is 0 Å². The number of furan rings is 1. The van der Waals surface area contributed by atoms with Gasteiger partial charge in [-0.1, -0.05) is 29.8 Å². The van der Waals surface area contributed by atoms with E-state index in [0.717, 1.165) is 16.4 Å². The van der Waals surface area contributed by atoms with Crippen molar-refractivity contribution >= 4 is 39.5 Å². The molecule has 3 rings (SSSR count). The van der Waals surface area contributed by atoms with E-state index in [2.05, 4.69) is 0 Å². The number of halogens is 1. The van der Waals surface area contributed by atoms with E-state index < -0.39 is 11.6 Å². The van der Waals surface area contributed by atoms with Gasteiger partial charge in [-0.05, 0) is 39.0 Å². The van der Waals surface area contributed by atoms with Gasteiger partial charge in [0.05, 0.1) is 17.0 Å². The Kier molecular flexibility index (Phi) is 3.94. The first-order valence-electron chi connectivity index (χ1n) is 7.40. The van der Waals surface area contributed by atoms with Gasteiger partial charge < -0.3 is 13.9 Å². The highest BCUT2D eigenvalue weighted by Crippen LogP contribution is 2.40. The van der Waals surface area contributed by atoms with E-state index in [1.807, 2.05) is 24.3 Å². The number of para-hydroxylation sites is 1. The fourth-order valence-electron chi connectivity index (χ4n) is 2.47. The normalized spacial score (nSPS) is 11.8. The summed E-state index contributed by atoms with van der Waals surface area (Å²) in [5.41, 5.74) is 0.112. The molecule has 1 heterocycles. The Bertz CT molecular complexity index is 879. The van der Waals surface area contributed by atoms with Crippen LogP contribution in [-0.4, -0.2) is 18.2 Å². The summed E-state index contributed by atoms with van der Waals surface area (Å²) in [6.07, 6.45) is 0. The first kappa shape index (κ1) is 15.7. The van der Waals surface area contributed by atoms with E-state index in [-0.39, 0.29) is 0 Å². The Morgan fingerprint density at radius 1 is 1.22 bits per heavy atom. The van der Waals surface area contributed by atoms with Crippen LogP contribution >= 0.6 is 11.6 Å². The molecule has 3 aromatic rings. The number of hydrogen-bond donors (Lipinski definition) is 0. The van der Waals surface area contributed by atoms with E-state index in [4.69, 9.17) is 25.5 Å². The summed E-state index contributed by atoms with van der Waals surface area (Å²) in [6, 6.07) is 11.1. The van der Waals surface area contributed by atoms with E-state index in [0.29, 0.717) is 23.0 Å². The van der Waals surface area contributed by atoms with Crippen molar-refractivity contribution in [2.75, 3.05) is 6.61 Å². The smallest absolute Gasteiger partial charge is 0.349 e. The number of carbonyl (C=O) groups excluding carboxylic acids is 1. The average Bonchev–Trinajstić information content (AvgIpc) is 2.91. The highest BCUT2D eigenvalue weighted by molar-refractivity contribution is 6.38. The molecule has 0 atom stereocenters. The topological polar surface area (TPSA) is 48.7 Å². The summed E-state index contributed by atoms with van der Waals surface area (Å²) in [7, 11) is 0. The molecule has 0 fully saturated rings. The van der Waals surface area contributed by atoms with Crippen LogP contribution in [0.25, 0.3) is 21.9 Å². The number of rotatable bonds is 4. The minimum atomic E-state index is -1.13. The minimum Gasteiger partial charge on any atom is -0.472 e. The number of benzene rings is 2. The molecule has 0 aliphatic carbocycles. The average molecular weight is 333 g/mol. The second-order valence-electron chi connectivity index (χ2n) is 5.68. The largest absolute Gasteiger partial charge is 0.472 e. The predicted octanol–water partition coefficient (Wildman–Crippen LogP) is 4.96. The third-order valence-electron chi connectivity index (χ3n) is 3.57. The molecule has 0 aliphatic heterocycles. The maximum absolute atomic E-state index is 12.0. The molecule has 23 heavy (non-hydrogen) atoms. The number of esters is 1. The first-order chi connectivity index (χ1) is 10.9. The van der Waals surface area contributed by atoms with Gasteiger partial charge in [0.15, 0.2) is 16.9 Å². The molecule has 1 aromatic heterocycles. The highest BCUT2D eigenvalue weighted by Gasteiger charge is 2.33. The van der Waals surface area contributed by atoms with Crippen molar-refractivity contribution in [1.82, 2.24) is 0 Å². The van der Waals surface area contributed by atoms with E-state index in [1.54, 1.807) is 32.9 Å². The molecule has 4 nitrogen and oxygen atoms in total. The van der Waals surface area contributed by atoms with E-state index in [1.165, 1.54) is 0 Å². The fourth-order valence-corrected chi connectivity index (χ4v) is 2.72. The predicted molar refractivity (Wildman–Crippen MR) is 90.1 cm³/mol. The van der Waals surface area contributed by atoms with Crippen molar-refractivity contribution in [1.29, 1.82) is 0 Å². The van der Waals surface area contributed by atoms with Gasteiger partial charge in [-0.3, -0.25) is 0 Å². The Morgan fingerprint density at radius 3 is 2.70 bits per heavy atom. The van der Waals surface area contributed by atoms with Gasteiger partial charge >= 0.3 is 5.97 Å². The van der Waals surface area contributed by atoms with Crippen LogP contribution in [0.5, 0.6) is 5.75 Å². The fraction of sp³-hybridized carbons (Fsp3) is 0.278. The molecule has 120 valence electrons. The van der Waals surface area contributed by atoms with Crippen LogP contribution in [0.1, 0.15) is 20.8 Å². The van der Waals surface area contributed by atoms with Gasteiger partial charge in [-0.25, -0.2) is 4.79 Å². The zero-order valence-electron chi connectivity index (χ0n) is 13.2. The molecule has 0 aliphatic rings. The van der Waals surface area contributed by atoms with Crippen molar-refractivity contribution in [2.45, 2.75) is 26.4 Å². The quantitative estimate of drug-likeness (QED) is 0.633. The van der Waals surface area contributed by atoms with Crippen LogP contribution < -0.4 is 4.74 Å². The molecular weight excluding hydrogens is 316 g/mol. The monoisotopic (exact) mass is 332 g/mol. The molecule has 5 heteroatoms. The van der Waals surface area contributed by atoms with Crippen LogP contribution in [0.4, 0.5) is 0 Å². The van der Waals surface area contributed by atoms with Crippen LogP contribution in [0.2, 0.25) is 5.02 Å². The third kappa shape index (κ3) is 2.75. The summed E-state index contributed by atoms with van der Waals surface area (Å²) in [6.45, 7) is 5.38. The lowest BCUT2D eigenvalue weighted by Crippen LogP contribution is -2.39. The Labute approximate surface area is 138 Å². The lowest BCUT2D eigenvalue weighted by atomic mass is 10.1. The molecule has 0 bridgehead atoms. The van der Waals surface area contributed by atoms with Gasteiger partial charge in [-0.15, -0.1) is 0 Å². The zero-order valence-corrected chi connectivity index (χ0v) is 13.9. The zero-order chi connectivity index (χ0) is 16.6. The van der Waals surface area contributed by atoms with Crippen LogP contribution in [0, 0.1) is 0 Å². The second-order valence-corrected chi connectivity index (χ2v) is 6.09. The van der Waals surface area contributed by atoms with Crippen LogP contribution in [0.15, 0.2) is 40.8 Å². The van der Waals surface area contributed by atoms with Gasteiger partial charge in [0, 0.05) is 5.39 Å². The standard InChI is InChI=1S/C18H17ClO4/c1-4-21-17(20)18(2,3)23-14-10-9-12(19)15-11-7-5-6-8-13(11)22-16(14)15/h5-10H,4H2,1-3H3. The summed E-state index contributed by atoms with van der Waals surface area (Å²) in [5.74, 6) is 0.0258. The van der Waals surface area contributed by atoms with E-state index in [9.17, 15) is 4.79 Å². The molecule has 0 saturated heterocycles. The van der Waals surface area contributed by atoms with Crippen molar-refractivity contribution < 1.29 is 18.7 Å². The number of ether oxygens (including phenoxy) is 2. The Hall–Kier alpha value is -2.20. The number of fused-ring (bicyclic) bond motifs is 3. The van der Waals surface area contributed by atoms with Crippen molar-refractivity contribution in [3.8, 4) is 5.75 Å². The molecular formula is C18H17ClO4. The van der Waals surface area contributed by atoms with Crippen molar-refractivity contribution in [2.24, 2.45) is 0 Å². The van der Waals surface area contributed by atoms with Gasteiger partial charge in [0.1, 0.15) is 5.58 Å². The van der Waals surface area contributed by atoms with Crippen LogP contribution in [0.3, 0.4) is 0 Å². The molecule has 0 N–H and O–H groups in total. The second kappa shape index (κ2) is 5.78. The SMILES string of the molecule is CCOC(=O)C(C)(C)Oc1ccc(Cl)c2c1oc1ccccc12. The first-order valence-corrected chi connectivity index (χ1v) is 7.78. The van der Waals surface area contributed by atoms with Crippen molar-refractivity contribution in [3.05, 3.63) is 41.4 Å². The highest BCUT2D eigenvalue weighted by atomic mass is 35.5. The summed E-state index contributed by atoms with van der Waals surface area (Å²) < 4.78 is 16.8. The van der Waals surface area contributed by atoms with Gasteiger partial charge in [-0.2, -0.15) is 0 Å².